The van der Waals surface area contributed by atoms with Crippen molar-refractivity contribution in [2.24, 2.45) is 5.92 Å². The van der Waals surface area contributed by atoms with Crippen molar-refractivity contribution >= 4 is 17.8 Å². The van der Waals surface area contributed by atoms with Crippen molar-refractivity contribution in [2.75, 3.05) is 39.9 Å². The lowest BCUT2D eigenvalue weighted by molar-refractivity contribution is 0.00663. The standard InChI is InChI=1S/C20H29ClFN3O2/c1-20(2)14-23(3)12-18(16-6-8-17(22)9-7-16)25(20)19(26)24(21)10-11-27-13-15-4-5-15/h6-9,15,18H,4-5,10-14H2,1-3H3. The number of hydrogen-bond donors (Lipinski definition) is 0. The number of amides is 2. The molecule has 0 aromatic heterocycles. The van der Waals surface area contributed by atoms with Crippen LogP contribution in [0.2, 0.25) is 0 Å². The third-order valence-electron chi connectivity index (χ3n) is 5.26. The molecule has 0 N–H and O–H groups in total. The monoisotopic (exact) mass is 397 g/mol. The van der Waals surface area contributed by atoms with Gasteiger partial charge in [-0.1, -0.05) is 12.1 Å². The van der Waals surface area contributed by atoms with E-state index in [-0.39, 0.29) is 17.9 Å². The van der Waals surface area contributed by atoms with E-state index in [2.05, 4.69) is 4.90 Å². The molecule has 1 heterocycles. The Morgan fingerprint density at radius 1 is 1.33 bits per heavy atom. The molecule has 150 valence electrons. The van der Waals surface area contributed by atoms with E-state index < -0.39 is 5.54 Å². The predicted molar refractivity (Wildman–Crippen MR) is 104 cm³/mol. The summed E-state index contributed by atoms with van der Waals surface area (Å²) in [6.07, 6.45) is 2.47. The van der Waals surface area contributed by atoms with E-state index in [1.807, 2.05) is 25.8 Å². The molecule has 3 rings (SSSR count). The predicted octanol–water partition coefficient (Wildman–Crippen LogP) is 3.90. The molecule has 5 nitrogen and oxygen atoms in total. The smallest absolute Gasteiger partial charge is 0.335 e. The van der Waals surface area contributed by atoms with Crippen LogP contribution in [-0.2, 0) is 4.74 Å². The molecule has 7 heteroatoms. The molecule has 1 aliphatic heterocycles. The van der Waals surface area contributed by atoms with Crippen molar-refractivity contribution in [2.45, 2.75) is 38.3 Å². The highest BCUT2D eigenvalue weighted by Gasteiger charge is 2.43. The number of carbonyl (C=O) groups excluding carboxylic acids is 1. The average Bonchev–Trinajstić information content (AvgIpc) is 3.41. The van der Waals surface area contributed by atoms with E-state index in [1.165, 1.54) is 29.4 Å². The van der Waals surface area contributed by atoms with Crippen molar-refractivity contribution in [1.29, 1.82) is 0 Å². The Balaban J connectivity index is 1.72. The van der Waals surface area contributed by atoms with Crippen LogP contribution in [0, 0.1) is 11.7 Å². The molecule has 2 aliphatic rings. The molecular formula is C20H29ClFN3O2. The van der Waals surface area contributed by atoms with E-state index in [0.717, 1.165) is 18.7 Å². The number of carbonyl (C=O) groups is 1. The second kappa shape index (κ2) is 8.33. The van der Waals surface area contributed by atoms with Gasteiger partial charge >= 0.3 is 6.03 Å². The number of likely N-dealkylation sites (N-methyl/N-ethyl adjacent to an activating group) is 1. The van der Waals surface area contributed by atoms with Crippen molar-refractivity contribution < 1.29 is 13.9 Å². The third-order valence-corrected chi connectivity index (χ3v) is 5.57. The zero-order chi connectivity index (χ0) is 19.6. The third kappa shape index (κ3) is 5.12. The van der Waals surface area contributed by atoms with Gasteiger partial charge in [0.15, 0.2) is 0 Å². The van der Waals surface area contributed by atoms with Crippen LogP contribution < -0.4 is 0 Å². The van der Waals surface area contributed by atoms with Crippen LogP contribution in [0.15, 0.2) is 24.3 Å². The zero-order valence-corrected chi connectivity index (χ0v) is 17.1. The average molecular weight is 398 g/mol. The molecule has 27 heavy (non-hydrogen) atoms. The normalized spacial score (nSPS) is 22.7. The molecule has 1 aromatic rings. The van der Waals surface area contributed by atoms with Gasteiger partial charge in [-0.25, -0.2) is 13.6 Å². The first-order chi connectivity index (χ1) is 12.8. The molecule has 1 saturated heterocycles. The number of rotatable bonds is 6. The van der Waals surface area contributed by atoms with Gasteiger partial charge in [0.05, 0.1) is 24.7 Å². The van der Waals surface area contributed by atoms with Gasteiger partial charge in [-0.3, -0.25) is 0 Å². The van der Waals surface area contributed by atoms with Gasteiger partial charge in [0.1, 0.15) is 5.82 Å². The Labute approximate surface area is 166 Å². The van der Waals surface area contributed by atoms with E-state index in [9.17, 15) is 9.18 Å². The van der Waals surface area contributed by atoms with E-state index in [4.69, 9.17) is 16.5 Å². The zero-order valence-electron chi connectivity index (χ0n) is 16.3. The van der Waals surface area contributed by atoms with Crippen molar-refractivity contribution in [3.05, 3.63) is 35.6 Å². The van der Waals surface area contributed by atoms with Crippen LogP contribution in [0.4, 0.5) is 9.18 Å². The Bertz CT molecular complexity index is 651. The van der Waals surface area contributed by atoms with Crippen LogP contribution >= 0.6 is 11.8 Å². The van der Waals surface area contributed by atoms with Gasteiger partial charge < -0.3 is 14.5 Å². The topological polar surface area (TPSA) is 36.0 Å². The summed E-state index contributed by atoms with van der Waals surface area (Å²) in [5.41, 5.74) is 0.491. The molecule has 2 amide bonds. The largest absolute Gasteiger partial charge is 0.379 e. The summed E-state index contributed by atoms with van der Waals surface area (Å²) in [7, 11) is 2.03. The van der Waals surface area contributed by atoms with Gasteiger partial charge in [0.25, 0.3) is 0 Å². The van der Waals surface area contributed by atoms with Gasteiger partial charge in [-0.05, 0) is 57.4 Å². The fourth-order valence-corrected chi connectivity index (χ4v) is 3.97. The van der Waals surface area contributed by atoms with Gasteiger partial charge in [-0.2, -0.15) is 0 Å². The maximum atomic E-state index is 13.4. The highest BCUT2D eigenvalue weighted by Crippen LogP contribution is 2.35. The SMILES string of the molecule is CN1CC(c2ccc(F)cc2)N(C(=O)N(Cl)CCOCC2CC2)C(C)(C)C1. The molecule has 2 fully saturated rings. The Morgan fingerprint density at radius 3 is 2.63 bits per heavy atom. The van der Waals surface area contributed by atoms with Crippen molar-refractivity contribution in [3.8, 4) is 0 Å². The maximum absolute atomic E-state index is 13.4. The van der Waals surface area contributed by atoms with Crippen molar-refractivity contribution in [1.82, 2.24) is 14.2 Å². The second-order valence-electron chi connectivity index (χ2n) is 8.33. The second-order valence-corrected chi connectivity index (χ2v) is 8.74. The van der Waals surface area contributed by atoms with Crippen LogP contribution in [0.1, 0.15) is 38.3 Å². The minimum absolute atomic E-state index is 0.194. The van der Waals surface area contributed by atoms with Crippen LogP contribution in [0.25, 0.3) is 0 Å². The molecule has 1 aromatic carbocycles. The van der Waals surface area contributed by atoms with Gasteiger partial charge in [0, 0.05) is 31.5 Å². The first-order valence-electron chi connectivity index (χ1n) is 9.56. The van der Waals surface area contributed by atoms with Crippen molar-refractivity contribution in [3.63, 3.8) is 0 Å². The molecule has 1 saturated carbocycles. The van der Waals surface area contributed by atoms with E-state index >= 15 is 0 Å². The Hall–Kier alpha value is -1.37. The Morgan fingerprint density at radius 2 is 2.00 bits per heavy atom. The summed E-state index contributed by atoms with van der Waals surface area (Å²) in [5, 5.41) is 0. The molecule has 0 spiro atoms. The summed E-state index contributed by atoms with van der Waals surface area (Å²) in [6.45, 7) is 6.99. The number of hydrogen-bond acceptors (Lipinski definition) is 3. The van der Waals surface area contributed by atoms with E-state index in [1.54, 1.807) is 12.1 Å². The summed E-state index contributed by atoms with van der Waals surface area (Å²) in [4.78, 5) is 17.2. The quantitative estimate of drug-likeness (QED) is 0.539. The minimum Gasteiger partial charge on any atom is -0.379 e. The summed E-state index contributed by atoms with van der Waals surface area (Å²) < 4.78 is 20.2. The minimum atomic E-state index is -0.412. The first-order valence-corrected chi connectivity index (χ1v) is 9.90. The van der Waals surface area contributed by atoms with E-state index in [0.29, 0.717) is 25.6 Å². The Kier molecular flexibility index (Phi) is 6.28. The lowest BCUT2D eigenvalue weighted by Crippen LogP contribution is -2.63. The highest BCUT2D eigenvalue weighted by atomic mass is 35.5. The van der Waals surface area contributed by atoms with Gasteiger partial charge in [0.2, 0.25) is 0 Å². The summed E-state index contributed by atoms with van der Waals surface area (Å²) >= 11 is 6.33. The summed E-state index contributed by atoms with van der Waals surface area (Å²) in [6, 6.07) is 5.92. The van der Waals surface area contributed by atoms with Crippen LogP contribution in [0.5, 0.6) is 0 Å². The molecule has 1 aliphatic carbocycles. The number of piperazine rings is 1. The number of nitrogens with zero attached hydrogens (tertiary/aromatic N) is 3. The molecule has 1 unspecified atom stereocenters. The summed E-state index contributed by atoms with van der Waals surface area (Å²) in [5.74, 6) is 0.399. The number of urea groups is 1. The fourth-order valence-electron chi connectivity index (χ4n) is 3.82. The molecule has 0 radical (unpaired) electrons. The van der Waals surface area contributed by atoms with Gasteiger partial charge in [-0.15, -0.1) is 0 Å². The molecular weight excluding hydrogens is 369 g/mol. The number of benzene rings is 1. The highest BCUT2D eigenvalue weighted by molar-refractivity contribution is 6.21. The van der Waals surface area contributed by atoms with Crippen LogP contribution in [-0.4, -0.2) is 65.7 Å². The number of halogens is 2. The van der Waals surface area contributed by atoms with Crippen LogP contribution in [0.3, 0.4) is 0 Å². The number of ether oxygens (including phenoxy) is 1. The first kappa shape index (κ1) is 20.4. The fraction of sp³-hybridized carbons (Fsp3) is 0.650. The molecule has 1 atom stereocenters. The molecule has 0 bridgehead atoms. The maximum Gasteiger partial charge on any atom is 0.335 e. The lowest BCUT2D eigenvalue weighted by atomic mass is 9.92. The lowest BCUT2D eigenvalue weighted by Gasteiger charge is -2.51.